The highest BCUT2D eigenvalue weighted by Gasteiger charge is 2.01. The van der Waals surface area contributed by atoms with E-state index in [2.05, 4.69) is 6.92 Å². The molecule has 1 rings (SSSR count). The van der Waals surface area contributed by atoms with Crippen LogP contribution in [0.25, 0.3) is 0 Å². The van der Waals surface area contributed by atoms with Gasteiger partial charge >= 0.3 is 0 Å². The van der Waals surface area contributed by atoms with Crippen LogP contribution in [0.2, 0.25) is 0 Å². The predicted molar refractivity (Wildman–Crippen MR) is 52.1 cm³/mol. The van der Waals surface area contributed by atoms with Gasteiger partial charge < -0.3 is 4.74 Å². The monoisotopic (exact) mass is 182 g/mol. The second-order valence-electron chi connectivity index (χ2n) is 2.93. The number of alkyl halides is 1. The number of ether oxygens (including phenoxy) is 1. The van der Waals surface area contributed by atoms with Crippen molar-refractivity contribution >= 4 is 0 Å². The van der Waals surface area contributed by atoms with Crippen molar-refractivity contribution in [2.75, 3.05) is 13.8 Å². The molecule has 0 saturated carbocycles. The van der Waals surface area contributed by atoms with Crippen LogP contribution in [0.3, 0.4) is 0 Å². The fourth-order valence-electron chi connectivity index (χ4n) is 1.40. The zero-order chi connectivity index (χ0) is 9.68. The Hall–Kier alpha value is -1.05. The van der Waals surface area contributed by atoms with Crippen LogP contribution in [0.5, 0.6) is 5.75 Å². The van der Waals surface area contributed by atoms with E-state index in [0.29, 0.717) is 6.42 Å². The Morgan fingerprint density at radius 1 is 1.31 bits per heavy atom. The summed E-state index contributed by atoms with van der Waals surface area (Å²) in [4.78, 5) is 0. The minimum absolute atomic E-state index is 0.292. The van der Waals surface area contributed by atoms with E-state index in [-0.39, 0.29) is 6.67 Å². The molecule has 13 heavy (non-hydrogen) atoms. The smallest absolute Gasteiger partial charge is 0.119 e. The molecule has 0 spiro atoms. The molecule has 0 bridgehead atoms. The average Bonchev–Trinajstić information content (AvgIpc) is 2.19. The highest BCUT2D eigenvalue weighted by atomic mass is 19.1. The van der Waals surface area contributed by atoms with E-state index in [1.807, 2.05) is 18.2 Å². The summed E-state index contributed by atoms with van der Waals surface area (Å²) in [5.41, 5.74) is 2.27. The molecule has 0 aliphatic heterocycles. The molecule has 72 valence electrons. The Bertz CT molecular complexity index is 271. The molecule has 0 N–H and O–H groups in total. The van der Waals surface area contributed by atoms with Crippen LogP contribution in [-0.2, 0) is 12.8 Å². The molecule has 0 radical (unpaired) electrons. The predicted octanol–water partition coefficient (Wildman–Crippen LogP) is 2.77. The molecule has 0 aromatic heterocycles. The van der Waals surface area contributed by atoms with Crippen molar-refractivity contribution in [3.05, 3.63) is 29.3 Å². The first kappa shape index (κ1) is 10.0. The van der Waals surface area contributed by atoms with Crippen molar-refractivity contribution in [3.8, 4) is 5.75 Å². The minimum atomic E-state index is -0.292. The van der Waals surface area contributed by atoms with E-state index in [1.165, 1.54) is 5.56 Å². The van der Waals surface area contributed by atoms with Gasteiger partial charge in [0.2, 0.25) is 0 Å². The summed E-state index contributed by atoms with van der Waals surface area (Å²) >= 11 is 0. The zero-order valence-corrected chi connectivity index (χ0v) is 8.14. The lowest BCUT2D eigenvalue weighted by molar-refractivity contribution is 0.414. The third kappa shape index (κ3) is 2.44. The van der Waals surface area contributed by atoms with Crippen molar-refractivity contribution in [1.82, 2.24) is 0 Å². The number of benzene rings is 1. The minimum Gasteiger partial charge on any atom is -0.497 e. The number of hydrogen-bond acceptors (Lipinski definition) is 1. The number of rotatable bonds is 4. The maximum atomic E-state index is 12.1. The van der Waals surface area contributed by atoms with Gasteiger partial charge in [-0.2, -0.15) is 0 Å². The molecule has 0 unspecified atom stereocenters. The molecule has 1 nitrogen and oxygen atoms in total. The number of halogens is 1. The number of aryl methyl sites for hydroxylation is 2. The van der Waals surface area contributed by atoms with E-state index >= 15 is 0 Å². The van der Waals surface area contributed by atoms with Crippen molar-refractivity contribution in [1.29, 1.82) is 0 Å². The van der Waals surface area contributed by atoms with Crippen molar-refractivity contribution in [3.63, 3.8) is 0 Å². The topological polar surface area (TPSA) is 9.23 Å². The van der Waals surface area contributed by atoms with Crippen molar-refractivity contribution in [2.45, 2.75) is 19.8 Å². The van der Waals surface area contributed by atoms with Crippen LogP contribution in [0.4, 0.5) is 4.39 Å². The normalized spacial score (nSPS) is 10.1. The number of hydrogen-bond donors (Lipinski definition) is 0. The lowest BCUT2D eigenvalue weighted by Gasteiger charge is -2.08. The molecule has 0 aliphatic carbocycles. The third-order valence-corrected chi connectivity index (χ3v) is 2.16. The average molecular weight is 182 g/mol. The van der Waals surface area contributed by atoms with Gasteiger partial charge in [0.05, 0.1) is 13.8 Å². The van der Waals surface area contributed by atoms with E-state index in [0.717, 1.165) is 17.7 Å². The van der Waals surface area contributed by atoms with E-state index < -0.39 is 0 Å². The van der Waals surface area contributed by atoms with Crippen LogP contribution < -0.4 is 4.74 Å². The SMILES string of the molecule is CCc1cc(OC)ccc1CCF. The van der Waals surface area contributed by atoms with Gasteiger partial charge in [-0.1, -0.05) is 13.0 Å². The van der Waals surface area contributed by atoms with E-state index in [4.69, 9.17) is 4.74 Å². The Kier molecular flexibility index (Phi) is 3.74. The van der Waals surface area contributed by atoms with E-state index in [9.17, 15) is 4.39 Å². The molecule has 2 heteroatoms. The maximum Gasteiger partial charge on any atom is 0.119 e. The quantitative estimate of drug-likeness (QED) is 0.695. The Morgan fingerprint density at radius 3 is 2.62 bits per heavy atom. The zero-order valence-electron chi connectivity index (χ0n) is 8.14. The van der Waals surface area contributed by atoms with Crippen LogP contribution in [0.15, 0.2) is 18.2 Å². The van der Waals surface area contributed by atoms with Crippen molar-refractivity contribution < 1.29 is 9.13 Å². The lowest BCUT2D eigenvalue weighted by Crippen LogP contribution is -1.95. The molecule has 1 aromatic carbocycles. The van der Waals surface area contributed by atoms with Crippen LogP contribution in [0, 0.1) is 0 Å². The molecule has 0 heterocycles. The molecular formula is C11H15FO. The van der Waals surface area contributed by atoms with Crippen LogP contribution >= 0.6 is 0 Å². The second-order valence-corrected chi connectivity index (χ2v) is 2.93. The van der Waals surface area contributed by atoms with Gasteiger partial charge in [-0.05, 0) is 29.7 Å². The molecule has 0 saturated heterocycles. The Morgan fingerprint density at radius 2 is 2.08 bits per heavy atom. The second kappa shape index (κ2) is 4.85. The first-order chi connectivity index (χ1) is 6.31. The van der Waals surface area contributed by atoms with Gasteiger partial charge in [0, 0.05) is 6.42 Å². The first-order valence-electron chi connectivity index (χ1n) is 4.53. The first-order valence-corrected chi connectivity index (χ1v) is 4.53. The molecular weight excluding hydrogens is 167 g/mol. The summed E-state index contributed by atoms with van der Waals surface area (Å²) in [6, 6.07) is 5.80. The largest absolute Gasteiger partial charge is 0.497 e. The van der Waals surface area contributed by atoms with Crippen molar-refractivity contribution in [2.24, 2.45) is 0 Å². The maximum absolute atomic E-state index is 12.1. The van der Waals surface area contributed by atoms with Gasteiger partial charge in [-0.3, -0.25) is 4.39 Å². The fraction of sp³-hybridized carbons (Fsp3) is 0.455. The standard InChI is InChI=1S/C11H15FO/c1-3-9-8-11(13-2)5-4-10(9)6-7-12/h4-5,8H,3,6-7H2,1-2H3. The highest BCUT2D eigenvalue weighted by Crippen LogP contribution is 2.18. The van der Waals surface area contributed by atoms with Gasteiger partial charge in [-0.15, -0.1) is 0 Å². The molecule has 1 aromatic rings. The van der Waals surface area contributed by atoms with Gasteiger partial charge in [0.1, 0.15) is 5.75 Å². The molecule has 0 fully saturated rings. The summed E-state index contributed by atoms with van der Waals surface area (Å²) in [6.45, 7) is 1.77. The molecule has 0 atom stereocenters. The molecule has 0 amide bonds. The van der Waals surface area contributed by atoms with Gasteiger partial charge in [0.25, 0.3) is 0 Å². The summed E-state index contributed by atoms with van der Waals surface area (Å²) in [7, 11) is 1.64. The summed E-state index contributed by atoms with van der Waals surface area (Å²) in [5, 5.41) is 0. The Balaban J connectivity index is 2.93. The highest BCUT2D eigenvalue weighted by molar-refractivity contribution is 5.35. The summed E-state index contributed by atoms with van der Waals surface area (Å²) < 4.78 is 17.2. The van der Waals surface area contributed by atoms with Gasteiger partial charge in [0.15, 0.2) is 0 Å². The summed E-state index contributed by atoms with van der Waals surface area (Å²) in [6.07, 6.45) is 1.43. The van der Waals surface area contributed by atoms with Crippen LogP contribution in [-0.4, -0.2) is 13.8 Å². The molecule has 0 aliphatic rings. The Labute approximate surface area is 78.5 Å². The van der Waals surface area contributed by atoms with Gasteiger partial charge in [-0.25, -0.2) is 0 Å². The summed E-state index contributed by atoms with van der Waals surface area (Å²) in [5.74, 6) is 0.847. The lowest BCUT2D eigenvalue weighted by atomic mass is 10.0. The number of methoxy groups -OCH3 is 1. The van der Waals surface area contributed by atoms with E-state index in [1.54, 1.807) is 7.11 Å². The fourth-order valence-corrected chi connectivity index (χ4v) is 1.40. The van der Waals surface area contributed by atoms with Crippen LogP contribution in [0.1, 0.15) is 18.1 Å². The third-order valence-electron chi connectivity index (χ3n) is 2.16.